The molecule has 0 aliphatic heterocycles. The molecule has 0 saturated carbocycles. The maximum atomic E-state index is 10.6. The third kappa shape index (κ3) is 2.04. The lowest BCUT2D eigenvalue weighted by atomic mass is 9.97. The van der Waals surface area contributed by atoms with Gasteiger partial charge in [-0.25, -0.2) is 0 Å². The summed E-state index contributed by atoms with van der Waals surface area (Å²) in [6.45, 7) is 1.89. The molecule has 1 atom stereocenters. The number of nitrogens with one attached hydrogen (secondary N) is 1. The largest absolute Gasteiger partial charge is 0.481 e. The van der Waals surface area contributed by atoms with Crippen LogP contribution in [-0.2, 0) is 4.79 Å². The number of aromatic amines is 1. The first-order valence-electron chi connectivity index (χ1n) is 5.06. The van der Waals surface area contributed by atoms with Gasteiger partial charge in [-0.3, -0.25) is 4.79 Å². The summed E-state index contributed by atoms with van der Waals surface area (Å²) in [5.41, 5.74) is 1.85. The molecule has 0 aliphatic carbocycles. The molecule has 2 aromatic rings. The van der Waals surface area contributed by atoms with Crippen molar-refractivity contribution in [2.45, 2.75) is 19.3 Å². The van der Waals surface area contributed by atoms with E-state index in [1.165, 1.54) is 0 Å². The highest BCUT2D eigenvalue weighted by Gasteiger charge is 2.12. The third-order valence-corrected chi connectivity index (χ3v) is 2.98. The molecule has 4 heteroatoms. The predicted octanol–water partition coefficient (Wildman–Crippen LogP) is 3.40. The highest BCUT2D eigenvalue weighted by atomic mass is 35.5. The Morgan fingerprint density at radius 2 is 2.31 bits per heavy atom. The number of benzene rings is 1. The first kappa shape index (κ1) is 11.0. The number of rotatable bonds is 3. The molecule has 1 unspecified atom stereocenters. The van der Waals surface area contributed by atoms with E-state index in [2.05, 4.69) is 4.98 Å². The maximum Gasteiger partial charge on any atom is 0.303 e. The first-order chi connectivity index (χ1) is 7.58. The number of carboxylic acids is 1. The highest BCUT2D eigenvalue weighted by Crippen LogP contribution is 2.29. The van der Waals surface area contributed by atoms with Gasteiger partial charge in [-0.15, -0.1) is 0 Å². The molecule has 2 rings (SSSR count). The van der Waals surface area contributed by atoms with Gasteiger partial charge in [-0.2, -0.15) is 0 Å². The van der Waals surface area contributed by atoms with Gasteiger partial charge in [0.05, 0.1) is 17.0 Å². The van der Waals surface area contributed by atoms with Crippen LogP contribution in [-0.4, -0.2) is 16.1 Å². The Kier molecular flexibility index (Phi) is 2.88. The lowest BCUT2D eigenvalue weighted by Gasteiger charge is -2.10. The quantitative estimate of drug-likeness (QED) is 0.860. The van der Waals surface area contributed by atoms with E-state index in [0.29, 0.717) is 5.02 Å². The fourth-order valence-corrected chi connectivity index (χ4v) is 2.10. The van der Waals surface area contributed by atoms with E-state index >= 15 is 0 Å². The van der Waals surface area contributed by atoms with Crippen LogP contribution in [0.2, 0.25) is 5.02 Å². The van der Waals surface area contributed by atoms with Gasteiger partial charge in [0, 0.05) is 11.6 Å². The van der Waals surface area contributed by atoms with Gasteiger partial charge in [0.2, 0.25) is 0 Å². The van der Waals surface area contributed by atoms with Crippen LogP contribution >= 0.6 is 11.6 Å². The molecular weight excluding hydrogens is 226 g/mol. The van der Waals surface area contributed by atoms with Crippen molar-refractivity contribution in [3.05, 3.63) is 35.0 Å². The predicted molar refractivity (Wildman–Crippen MR) is 64.0 cm³/mol. The van der Waals surface area contributed by atoms with Crippen LogP contribution < -0.4 is 0 Å². The van der Waals surface area contributed by atoms with Gasteiger partial charge in [0.1, 0.15) is 0 Å². The van der Waals surface area contributed by atoms with Crippen LogP contribution in [0.1, 0.15) is 24.8 Å². The summed E-state index contributed by atoms with van der Waals surface area (Å²) in [4.78, 5) is 13.7. The molecule has 84 valence electrons. The Labute approximate surface area is 98.0 Å². The second kappa shape index (κ2) is 4.18. The molecule has 0 aliphatic rings. The van der Waals surface area contributed by atoms with Gasteiger partial charge < -0.3 is 10.1 Å². The zero-order chi connectivity index (χ0) is 11.7. The van der Waals surface area contributed by atoms with Crippen molar-refractivity contribution in [2.75, 3.05) is 0 Å². The fourth-order valence-electron chi connectivity index (χ4n) is 1.81. The summed E-state index contributed by atoms with van der Waals surface area (Å²) in [6.07, 6.45) is 1.94. The van der Waals surface area contributed by atoms with Crippen molar-refractivity contribution in [3.63, 3.8) is 0 Å². The van der Waals surface area contributed by atoms with E-state index in [0.717, 1.165) is 16.5 Å². The minimum atomic E-state index is -0.794. The minimum absolute atomic E-state index is 0.0331. The molecule has 0 spiro atoms. The molecule has 0 bridgehead atoms. The number of aliphatic carboxylic acids is 1. The fraction of sp³-hybridized carbons (Fsp3) is 0.250. The first-order valence-corrected chi connectivity index (χ1v) is 5.44. The van der Waals surface area contributed by atoms with Crippen LogP contribution in [0.4, 0.5) is 0 Å². The van der Waals surface area contributed by atoms with Crippen LogP contribution in [0.3, 0.4) is 0 Å². The van der Waals surface area contributed by atoms with Gasteiger partial charge in [-0.05, 0) is 29.7 Å². The van der Waals surface area contributed by atoms with Crippen molar-refractivity contribution >= 4 is 28.5 Å². The van der Waals surface area contributed by atoms with Gasteiger partial charge >= 0.3 is 5.97 Å². The number of hydrogen-bond acceptors (Lipinski definition) is 1. The Balaban J connectivity index is 2.41. The number of halogens is 1. The molecule has 0 fully saturated rings. The van der Waals surface area contributed by atoms with Crippen LogP contribution in [0.15, 0.2) is 24.4 Å². The average Bonchev–Trinajstić information content (AvgIpc) is 2.64. The summed E-state index contributed by atoms with van der Waals surface area (Å²) in [5, 5.41) is 10.4. The van der Waals surface area contributed by atoms with Crippen LogP contribution in [0, 0.1) is 0 Å². The van der Waals surface area contributed by atoms with Crippen molar-refractivity contribution in [3.8, 4) is 0 Å². The van der Waals surface area contributed by atoms with E-state index in [-0.39, 0.29) is 12.3 Å². The number of carbonyl (C=O) groups is 1. The average molecular weight is 238 g/mol. The van der Waals surface area contributed by atoms with Gasteiger partial charge in [-0.1, -0.05) is 18.5 Å². The Hall–Kier alpha value is -1.48. The Bertz CT molecular complexity index is 533. The van der Waals surface area contributed by atoms with E-state index in [1.807, 2.05) is 31.3 Å². The van der Waals surface area contributed by atoms with Crippen molar-refractivity contribution in [1.82, 2.24) is 4.98 Å². The van der Waals surface area contributed by atoms with Crippen molar-refractivity contribution in [1.29, 1.82) is 0 Å². The summed E-state index contributed by atoms with van der Waals surface area (Å²) >= 11 is 6.11. The van der Waals surface area contributed by atoms with E-state index in [1.54, 1.807) is 0 Å². The normalized spacial score (nSPS) is 12.9. The summed E-state index contributed by atoms with van der Waals surface area (Å²) in [5.74, 6) is -0.827. The number of H-pyrrole nitrogens is 1. The monoisotopic (exact) mass is 237 g/mol. The van der Waals surface area contributed by atoms with Gasteiger partial charge in [0.25, 0.3) is 0 Å². The Morgan fingerprint density at radius 3 is 3.00 bits per heavy atom. The lowest BCUT2D eigenvalue weighted by Crippen LogP contribution is -2.02. The zero-order valence-corrected chi connectivity index (χ0v) is 9.58. The van der Waals surface area contributed by atoms with Gasteiger partial charge in [0.15, 0.2) is 0 Å². The Morgan fingerprint density at radius 1 is 1.56 bits per heavy atom. The summed E-state index contributed by atoms with van der Waals surface area (Å²) < 4.78 is 0. The molecule has 1 aromatic carbocycles. The molecule has 3 nitrogen and oxygen atoms in total. The molecule has 0 saturated heterocycles. The smallest absolute Gasteiger partial charge is 0.303 e. The van der Waals surface area contributed by atoms with Crippen LogP contribution in [0.25, 0.3) is 10.9 Å². The lowest BCUT2D eigenvalue weighted by molar-refractivity contribution is -0.137. The van der Waals surface area contributed by atoms with Crippen LogP contribution in [0.5, 0.6) is 0 Å². The molecular formula is C12H12ClNO2. The number of carboxylic acid groups (broad SMARTS) is 1. The molecule has 2 N–H and O–H groups in total. The molecule has 1 heterocycles. The number of hydrogen-bond donors (Lipinski definition) is 2. The maximum absolute atomic E-state index is 10.6. The molecule has 1 aromatic heterocycles. The topological polar surface area (TPSA) is 53.1 Å². The second-order valence-corrected chi connectivity index (χ2v) is 4.35. The van der Waals surface area contributed by atoms with E-state index in [9.17, 15) is 4.79 Å². The molecule has 0 radical (unpaired) electrons. The minimum Gasteiger partial charge on any atom is -0.481 e. The molecule has 0 amide bonds. The molecule has 16 heavy (non-hydrogen) atoms. The number of fused-ring (bicyclic) bond motifs is 1. The zero-order valence-electron chi connectivity index (χ0n) is 8.83. The number of aromatic nitrogens is 1. The van der Waals surface area contributed by atoms with E-state index < -0.39 is 5.97 Å². The van der Waals surface area contributed by atoms with Crippen molar-refractivity contribution < 1.29 is 9.90 Å². The second-order valence-electron chi connectivity index (χ2n) is 3.94. The van der Waals surface area contributed by atoms with E-state index in [4.69, 9.17) is 16.7 Å². The summed E-state index contributed by atoms with van der Waals surface area (Å²) in [7, 11) is 0. The third-order valence-electron chi connectivity index (χ3n) is 2.68. The van der Waals surface area contributed by atoms with Crippen molar-refractivity contribution in [2.24, 2.45) is 0 Å². The highest BCUT2D eigenvalue weighted by molar-refractivity contribution is 6.35. The summed E-state index contributed by atoms with van der Waals surface area (Å²) in [6, 6.07) is 5.73. The SMILES string of the molecule is CC(CC(=O)O)c1cc(Cl)c2[nH]ccc2c1. The standard InChI is InChI=1S/C12H12ClNO2/c1-7(4-11(15)16)9-5-8-2-3-14-12(8)10(13)6-9/h2-3,5-7,14H,4H2,1H3,(H,15,16).